The molecule has 0 spiro atoms. The molecule has 2 aliphatic rings. The van der Waals surface area contributed by atoms with Gasteiger partial charge in [-0.15, -0.1) is 0 Å². The molecule has 0 saturated carbocycles. The molecule has 0 radical (unpaired) electrons. The van der Waals surface area contributed by atoms with Crippen molar-refractivity contribution in [2.45, 2.75) is 25.5 Å². The Labute approximate surface area is 213 Å². The van der Waals surface area contributed by atoms with Crippen LogP contribution in [0.15, 0.2) is 60.3 Å². The monoisotopic (exact) mass is 521 g/mol. The van der Waals surface area contributed by atoms with E-state index in [4.69, 9.17) is 16.3 Å². The van der Waals surface area contributed by atoms with Gasteiger partial charge in [0.15, 0.2) is 5.13 Å². The van der Waals surface area contributed by atoms with E-state index in [0.717, 1.165) is 22.6 Å². The Bertz CT molecular complexity index is 1560. The van der Waals surface area contributed by atoms with Crippen LogP contribution in [0.25, 0.3) is 16.0 Å². The molecular formula is C26H17ClFN3O4S. The first-order valence-corrected chi connectivity index (χ1v) is 12.3. The van der Waals surface area contributed by atoms with Crippen molar-refractivity contribution in [2.24, 2.45) is 0 Å². The van der Waals surface area contributed by atoms with Gasteiger partial charge < -0.3 is 9.84 Å². The Morgan fingerprint density at radius 3 is 2.83 bits per heavy atom. The van der Waals surface area contributed by atoms with Crippen LogP contribution in [0.3, 0.4) is 0 Å². The van der Waals surface area contributed by atoms with E-state index in [9.17, 15) is 19.1 Å². The first-order chi connectivity index (χ1) is 17.3. The highest BCUT2D eigenvalue weighted by atomic mass is 35.5. The standard InChI is InChI=1S/C26H17ClFN3O4S/c1-12-8-14-9-13(5-6-19(14)35-12)23(32)21-22(17-4-2-3-7-29-17)31(25(34)24(21)33)26-30-18-10-15(27)16(28)11-20(18)36-26/h2-7,9-12,22,32H,8H2,1H3/b23-21+. The first kappa shape index (κ1) is 22.6. The number of hydrogen-bond acceptors (Lipinski definition) is 7. The maximum absolute atomic E-state index is 14.0. The highest BCUT2D eigenvalue weighted by Crippen LogP contribution is 2.44. The second kappa shape index (κ2) is 8.39. The summed E-state index contributed by atoms with van der Waals surface area (Å²) in [6.45, 7) is 1.95. The fourth-order valence-corrected chi connectivity index (χ4v) is 5.74. The number of nitrogens with zero attached hydrogens (tertiary/aromatic N) is 3. The molecule has 2 aromatic heterocycles. The molecule has 2 unspecified atom stereocenters. The molecule has 2 aliphatic heterocycles. The molecule has 180 valence electrons. The predicted molar refractivity (Wildman–Crippen MR) is 134 cm³/mol. The van der Waals surface area contributed by atoms with Crippen molar-refractivity contribution in [3.8, 4) is 5.75 Å². The van der Waals surface area contributed by atoms with Crippen molar-refractivity contribution >= 4 is 55.7 Å². The molecule has 4 heterocycles. The number of aliphatic hydroxyl groups excluding tert-OH is 1. The van der Waals surface area contributed by atoms with Crippen molar-refractivity contribution < 1.29 is 23.8 Å². The third kappa shape index (κ3) is 3.54. The van der Waals surface area contributed by atoms with E-state index in [1.54, 1.807) is 36.4 Å². The zero-order valence-electron chi connectivity index (χ0n) is 18.7. The van der Waals surface area contributed by atoms with Crippen LogP contribution in [-0.2, 0) is 16.0 Å². The van der Waals surface area contributed by atoms with E-state index in [2.05, 4.69) is 9.97 Å². The lowest BCUT2D eigenvalue weighted by atomic mass is 9.97. The Kier molecular flexibility index (Phi) is 5.27. The van der Waals surface area contributed by atoms with Crippen LogP contribution >= 0.6 is 22.9 Å². The normalized spacial score (nSPS) is 20.7. The van der Waals surface area contributed by atoms with Gasteiger partial charge in [0.1, 0.15) is 29.5 Å². The van der Waals surface area contributed by atoms with Crippen LogP contribution < -0.4 is 9.64 Å². The largest absolute Gasteiger partial charge is 0.507 e. The lowest BCUT2D eigenvalue weighted by molar-refractivity contribution is -0.132. The van der Waals surface area contributed by atoms with Crippen molar-refractivity contribution in [1.29, 1.82) is 0 Å². The summed E-state index contributed by atoms with van der Waals surface area (Å²) in [5.74, 6) is -1.93. The number of amides is 1. The number of ether oxygens (including phenoxy) is 1. The number of thiazole rings is 1. The molecule has 1 saturated heterocycles. The first-order valence-electron chi connectivity index (χ1n) is 11.1. The summed E-state index contributed by atoms with van der Waals surface area (Å²) in [5.41, 5.74) is 1.95. The van der Waals surface area contributed by atoms with E-state index in [-0.39, 0.29) is 27.6 Å². The number of ketones is 1. The van der Waals surface area contributed by atoms with E-state index in [1.807, 2.05) is 6.92 Å². The van der Waals surface area contributed by atoms with Gasteiger partial charge in [-0.05, 0) is 55.0 Å². The summed E-state index contributed by atoms with van der Waals surface area (Å²) < 4.78 is 20.2. The minimum atomic E-state index is -1.03. The number of fused-ring (bicyclic) bond motifs is 2. The number of pyridine rings is 1. The van der Waals surface area contributed by atoms with E-state index in [0.29, 0.717) is 27.9 Å². The maximum Gasteiger partial charge on any atom is 0.301 e. The van der Waals surface area contributed by atoms with Crippen LogP contribution in [-0.4, -0.2) is 32.9 Å². The Balaban J connectivity index is 1.53. The van der Waals surface area contributed by atoms with Gasteiger partial charge in [-0.3, -0.25) is 19.5 Å². The molecule has 36 heavy (non-hydrogen) atoms. The highest BCUT2D eigenvalue weighted by Gasteiger charge is 2.49. The maximum atomic E-state index is 14.0. The minimum Gasteiger partial charge on any atom is -0.507 e. The molecule has 1 fully saturated rings. The Morgan fingerprint density at radius 2 is 2.06 bits per heavy atom. The number of anilines is 1. The third-order valence-electron chi connectivity index (χ3n) is 6.21. The fraction of sp³-hybridized carbons (Fsp3) is 0.154. The number of aliphatic hydroxyl groups is 1. The Hall–Kier alpha value is -3.82. The molecule has 0 bridgehead atoms. The van der Waals surface area contributed by atoms with Gasteiger partial charge in [-0.2, -0.15) is 0 Å². The van der Waals surface area contributed by atoms with Crippen molar-refractivity contribution in [3.63, 3.8) is 0 Å². The van der Waals surface area contributed by atoms with Gasteiger partial charge in [-0.1, -0.05) is 29.0 Å². The second-order valence-corrected chi connectivity index (χ2v) is 10.0. The second-order valence-electron chi connectivity index (χ2n) is 8.61. The number of hydrogen-bond donors (Lipinski definition) is 1. The van der Waals surface area contributed by atoms with E-state index in [1.165, 1.54) is 23.2 Å². The van der Waals surface area contributed by atoms with Gasteiger partial charge >= 0.3 is 5.91 Å². The summed E-state index contributed by atoms with van der Waals surface area (Å²) in [5, 5.41) is 11.4. The number of aromatic nitrogens is 2. The molecule has 1 amide bonds. The molecule has 7 nitrogen and oxygen atoms in total. The van der Waals surface area contributed by atoms with Crippen molar-refractivity contribution in [1.82, 2.24) is 9.97 Å². The zero-order valence-corrected chi connectivity index (χ0v) is 20.3. The van der Waals surface area contributed by atoms with Crippen LogP contribution in [0.5, 0.6) is 5.75 Å². The minimum absolute atomic E-state index is 0.00821. The smallest absolute Gasteiger partial charge is 0.301 e. The summed E-state index contributed by atoms with van der Waals surface area (Å²) in [6.07, 6.45) is 2.21. The molecular weight excluding hydrogens is 505 g/mol. The summed E-state index contributed by atoms with van der Waals surface area (Å²) in [4.78, 5) is 36.7. The SMILES string of the molecule is CC1Cc2cc(/C(O)=C3\C(=O)C(=O)N(c4nc5cc(Cl)c(F)cc5s4)C3c3ccccn3)ccc2O1. The van der Waals surface area contributed by atoms with E-state index < -0.39 is 23.5 Å². The molecule has 4 aromatic rings. The molecule has 6 rings (SSSR count). The number of carbonyl (C=O) groups excluding carboxylic acids is 2. The fourth-order valence-electron chi connectivity index (χ4n) is 4.59. The van der Waals surface area contributed by atoms with Gasteiger partial charge in [0, 0.05) is 18.2 Å². The molecule has 2 atom stereocenters. The zero-order chi connectivity index (χ0) is 25.1. The molecule has 2 aromatic carbocycles. The summed E-state index contributed by atoms with van der Waals surface area (Å²) in [6, 6.07) is 11.8. The van der Waals surface area contributed by atoms with Crippen molar-refractivity contribution in [3.05, 3.63) is 88.0 Å². The predicted octanol–water partition coefficient (Wildman–Crippen LogP) is 5.43. The molecule has 1 N–H and O–H groups in total. The lowest BCUT2D eigenvalue weighted by Gasteiger charge is -2.22. The van der Waals surface area contributed by atoms with Gasteiger partial charge in [0.05, 0.1) is 26.5 Å². The summed E-state index contributed by atoms with van der Waals surface area (Å²) in [7, 11) is 0. The van der Waals surface area contributed by atoms with Gasteiger partial charge in [0.25, 0.3) is 5.78 Å². The number of carbonyl (C=O) groups is 2. The number of benzene rings is 2. The average Bonchev–Trinajstić information content (AvgIpc) is 3.52. The Morgan fingerprint density at radius 1 is 1.22 bits per heavy atom. The topological polar surface area (TPSA) is 92.6 Å². The lowest BCUT2D eigenvalue weighted by Crippen LogP contribution is -2.29. The third-order valence-corrected chi connectivity index (χ3v) is 7.51. The van der Waals surface area contributed by atoms with Crippen LogP contribution in [0.2, 0.25) is 5.02 Å². The van der Waals surface area contributed by atoms with Crippen LogP contribution in [0, 0.1) is 5.82 Å². The van der Waals surface area contributed by atoms with Gasteiger partial charge in [-0.25, -0.2) is 9.37 Å². The van der Waals surface area contributed by atoms with Crippen LogP contribution in [0.4, 0.5) is 9.52 Å². The number of halogens is 2. The van der Waals surface area contributed by atoms with Crippen LogP contribution in [0.1, 0.15) is 29.8 Å². The quantitative estimate of drug-likeness (QED) is 0.219. The van der Waals surface area contributed by atoms with Crippen molar-refractivity contribution in [2.75, 3.05) is 4.90 Å². The average molecular weight is 522 g/mol. The van der Waals surface area contributed by atoms with E-state index >= 15 is 0 Å². The number of Topliss-reactive ketones (excluding diaryl/α,β-unsaturated/α-hetero) is 1. The summed E-state index contributed by atoms with van der Waals surface area (Å²) >= 11 is 6.95. The number of rotatable bonds is 3. The van der Waals surface area contributed by atoms with Gasteiger partial charge in [0.2, 0.25) is 0 Å². The molecule has 10 heteroatoms. The highest BCUT2D eigenvalue weighted by molar-refractivity contribution is 7.22. The molecule has 0 aliphatic carbocycles.